The number of esters is 1. The Labute approximate surface area is 117 Å². The predicted octanol–water partition coefficient (Wildman–Crippen LogP) is 2.48. The Morgan fingerprint density at radius 2 is 2.20 bits per heavy atom. The second-order valence-electron chi connectivity index (χ2n) is 4.79. The van der Waals surface area contributed by atoms with E-state index in [0.29, 0.717) is 43.8 Å². The zero-order valence-corrected chi connectivity index (χ0v) is 11.4. The van der Waals surface area contributed by atoms with Crippen molar-refractivity contribution in [3.63, 3.8) is 0 Å². The number of benzene rings is 1. The normalized spacial score (nSPS) is 15.8. The summed E-state index contributed by atoms with van der Waals surface area (Å²) in [5.41, 5.74) is 0.805. The minimum atomic E-state index is -0.390. The first-order chi connectivity index (χ1) is 9.65. The average molecular weight is 276 g/mol. The molecule has 1 aromatic rings. The molecule has 0 atom stereocenters. The first-order valence-corrected chi connectivity index (χ1v) is 6.77. The van der Waals surface area contributed by atoms with Gasteiger partial charge in [0.1, 0.15) is 5.82 Å². The van der Waals surface area contributed by atoms with E-state index in [-0.39, 0.29) is 11.9 Å². The highest BCUT2D eigenvalue weighted by Gasteiger charge is 2.27. The van der Waals surface area contributed by atoms with E-state index in [1.54, 1.807) is 19.1 Å². The Bertz CT molecular complexity index is 531. The van der Waals surface area contributed by atoms with E-state index in [1.807, 2.05) is 11.0 Å². The molecule has 0 aromatic heterocycles. The molecule has 0 amide bonds. The summed E-state index contributed by atoms with van der Waals surface area (Å²) in [7, 11) is 0. The third kappa shape index (κ3) is 3.08. The molecular formula is C15H17FN2O2. The molecule has 0 spiro atoms. The van der Waals surface area contributed by atoms with Crippen molar-refractivity contribution in [3.05, 3.63) is 29.6 Å². The van der Waals surface area contributed by atoms with Gasteiger partial charge in [-0.3, -0.25) is 4.79 Å². The molecule has 0 unspecified atom stereocenters. The highest BCUT2D eigenvalue weighted by molar-refractivity contribution is 5.73. The molecular weight excluding hydrogens is 259 g/mol. The molecule has 1 fully saturated rings. The average Bonchev–Trinajstić information content (AvgIpc) is 2.47. The fourth-order valence-corrected chi connectivity index (χ4v) is 2.45. The van der Waals surface area contributed by atoms with Crippen LogP contribution >= 0.6 is 0 Å². The van der Waals surface area contributed by atoms with E-state index in [0.717, 1.165) is 0 Å². The maximum atomic E-state index is 13.9. The minimum Gasteiger partial charge on any atom is -0.466 e. The summed E-state index contributed by atoms with van der Waals surface area (Å²) in [6.07, 6.45) is 1.33. The lowest BCUT2D eigenvalue weighted by atomic mass is 9.96. The molecule has 2 rings (SSSR count). The number of nitriles is 1. The van der Waals surface area contributed by atoms with Crippen molar-refractivity contribution >= 4 is 11.7 Å². The number of anilines is 1. The number of hydrogen-bond acceptors (Lipinski definition) is 4. The summed E-state index contributed by atoms with van der Waals surface area (Å²) in [5.74, 6) is -0.640. The Morgan fingerprint density at radius 1 is 1.50 bits per heavy atom. The van der Waals surface area contributed by atoms with E-state index in [9.17, 15) is 9.18 Å². The topological polar surface area (TPSA) is 53.3 Å². The summed E-state index contributed by atoms with van der Waals surface area (Å²) in [6, 6.07) is 6.39. The van der Waals surface area contributed by atoms with Gasteiger partial charge < -0.3 is 9.64 Å². The first-order valence-electron chi connectivity index (χ1n) is 6.77. The lowest BCUT2D eigenvalue weighted by Gasteiger charge is -2.32. The van der Waals surface area contributed by atoms with Crippen LogP contribution in [-0.4, -0.2) is 25.7 Å². The van der Waals surface area contributed by atoms with Crippen molar-refractivity contribution in [2.45, 2.75) is 19.8 Å². The summed E-state index contributed by atoms with van der Waals surface area (Å²) in [4.78, 5) is 13.5. The van der Waals surface area contributed by atoms with Crippen LogP contribution in [0, 0.1) is 23.1 Å². The quantitative estimate of drug-likeness (QED) is 0.796. The Morgan fingerprint density at radius 3 is 2.75 bits per heavy atom. The third-order valence-corrected chi connectivity index (χ3v) is 3.53. The zero-order valence-electron chi connectivity index (χ0n) is 11.4. The fraction of sp³-hybridized carbons (Fsp3) is 0.467. The van der Waals surface area contributed by atoms with Crippen LogP contribution in [0.5, 0.6) is 0 Å². The summed E-state index contributed by atoms with van der Waals surface area (Å²) in [5, 5.41) is 8.73. The SMILES string of the molecule is CCOC(=O)C1CCN(c2ccc(C#N)cc2F)CC1. The molecule has 5 heteroatoms. The lowest BCUT2D eigenvalue weighted by Crippen LogP contribution is -2.37. The van der Waals surface area contributed by atoms with Crippen LogP contribution in [0.3, 0.4) is 0 Å². The van der Waals surface area contributed by atoms with Crippen molar-refractivity contribution < 1.29 is 13.9 Å². The number of nitrogens with zero attached hydrogens (tertiary/aromatic N) is 2. The lowest BCUT2D eigenvalue weighted by molar-refractivity contribution is -0.148. The van der Waals surface area contributed by atoms with Gasteiger partial charge in [0.05, 0.1) is 29.8 Å². The van der Waals surface area contributed by atoms with Crippen LogP contribution in [0.15, 0.2) is 18.2 Å². The standard InChI is InChI=1S/C15H17FN2O2/c1-2-20-15(19)12-5-7-18(8-6-12)14-4-3-11(10-17)9-13(14)16/h3-4,9,12H,2,5-8H2,1H3. The number of carbonyl (C=O) groups excluding carboxylic acids is 1. The predicted molar refractivity (Wildman–Crippen MR) is 72.7 cm³/mol. The third-order valence-electron chi connectivity index (χ3n) is 3.53. The van der Waals surface area contributed by atoms with Crippen LogP contribution in [0.2, 0.25) is 0 Å². The summed E-state index contributed by atoms with van der Waals surface area (Å²) >= 11 is 0. The van der Waals surface area contributed by atoms with Crippen molar-refractivity contribution in [1.29, 1.82) is 5.26 Å². The van der Waals surface area contributed by atoms with Crippen LogP contribution < -0.4 is 4.90 Å². The van der Waals surface area contributed by atoms with Crippen LogP contribution in [0.4, 0.5) is 10.1 Å². The molecule has 1 heterocycles. The number of hydrogen-bond donors (Lipinski definition) is 0. The largest absolute Gasteiger partial charge is 0.466 e. The number of rotatable bonds is 3. The second kappa shape index (κ2) is 6.38. The summed E-state index contributed by atoms with van der Waals surface area (Å²) < 4.78 is 18.9. The minimum absolute atomic E-state index is 0.0901. The Hall–Kier alpha value is -2.09. The van der Waals surface area contributed by atoms with E-state index in [1.165, 1.54) is 6.07 Å². The molecule has 20 heavy (non-hydrogen) atoms. The summed E-state index contributed by atoms with van der Waals surface area (Å²) in [6.45, 7) is 3.42. The van der Waals surface area contributed by atoms with Gasteiger partial charge in [-0.05, 0) is 38.0 Å². The molecule has 4 nitrogen and oxygen atoms in total. The number of piperidine rings is 1. The van der Waals surface area contributed by atoms with Crippen LogP contribution in [-0.2, 0) is 9.53 Å². The van der Waals surface area contributed by atoms with Crippen molar-refractivity contribution in [3.8, 4) is 6.07 Å². The van der Waals surface area contributed by atoms with E-state index >= 15 is 0 Å². The van der Waals surface area contributed by atoms with Gasteiger partial charge >= 0.3 is 5.97 Å². The Balaban J connectivity index is 2.01. The van der Waals surface area contributed by atoms with Crippen LogP contribution in [0.1, 0.15) is 25.3 Å². The van der Waals surface area contributed by atoms with Crippen LogP contribution in [0.25, 0.3) is 0 Å². The molecule has 1 saturated heterocycles. The van der Waals surface area contributed by atoms with Gasteiger partial charge in [-0.25, -0.2) is 4.39 Å². The first kappa shape index (κ1) is 14.3. The highest BCUT2D eigenvalue weighted by Crippen LogP contribution is 2.26. The molecule has 1 aliphatic heterocycles. The maximum absolute atomic E-state index is 13.9. The van der Waals surface area contributed by atoms with E-state index in [2.05, 4.69) is 0 Å². The number of halogens is 1. The van der Waals surface area contributed by atoms with Gasteiger partial charge in [0.2, 0.25) is 0 Å². The Kier molecular flexibility index (Phi) is 4.57. The van der Waals surface area contributed by atoms with Gasteiger partial charge in [-0.15, -0.1) is 0 Å². The van der Waals surface area contributed by atoms with Gasteiger partial charge in [0, 0.05) is 13.1 Å². The molecule has 0 radical (unpaired) electrons. The fourth-order valence-electron chi connectivity index (χ4n) is 2.45. The second-order valence-corrected chi connectivity index (χ2v) is 4.79. The molecule has 1 aromatic carbocycles. The maximum Gasteiger partial charge on any atom is 0.309 e. The molecule has 0 N–H and O–H groups in total. The van der Waals surface area contributed by atoms with Gasteiger partial charge in [0.15, 0.2) is 0 Å². The molecule has 1 aliphatic rings. The molecule has 106 valence electrons. The van der Waals surface area contributed by atoms with E-state index in [4.69, 9.17) is 10.00 Å². The molecule has 0 bridgehead atoms. The smallest absolute Gasteiger partial charge is 0.309 e. The van der Waals surface area contributed by atoms with E-state index < -0.39 is 5.82 Å². The molecule has 0 aliphatic carbocycles. The highest BCUT2D eigenvalue weighted by atomic mass is 19.1. The monoisotopic (exact) mass is 276 g/mol. The van der Waals surface area contributed by atoms with Gasteiger partial charge in [-0.1, -0.05) is 0 Å². The van der Waals surface area contributed by atoms with Gasteiger partial charge in [0.25, 0.3) is 0 Å². The number of carbonyl (C=O) groups is 1. The van der Waals surface area contributed by atoms with Crippen molar-refractivity contribution in [2.24, 2.45) is 5.92 Å². The van der Waals surface area contributed by atoms with Crippen molar-refractivity contribution in [1.82, 2.24) is 0 Å². The van der Waals surface area contributed by atoms with Crippen molar-refractivity contribution in [2.75, 3.05) is 24.6 Å². The zero-order chi connectivity index (χ0) is 14.5. The molecule has 0 saturated carbocycles. The van der Waals surface area contributed by atoms with Gasteiger partial charge in [-0.2, -0.15) is 5.26 Å². The number of ether oxygens (including phenoxy) is 1.